The van der Waals surface area contributed by atoms with Crippen LogP contribution >= 0.6 is 0 Å². The molecule has 222 valence electrons. The maximum absolute atomic E-state index is 6.80. The molecule has 0 saturated carbocycles. The smallest absolute Gasteiger partial charge is 0.143 e. The van der Waals surface area contributed by atoms with Crippen molar-refractivity contribution in [2.75, 3.05) is 0 Å². The summed E-state index contributed by atoms with van der Waals surface area (Å²) >= 11 is 0. The second-order valence-electron chi connectivity index (χ2n) is 12.8. The van der Waals surface area contributed by atoms with Crippen LogP contribution in [0.3, 0.4) is 0 Å². The number of para-hydroxylation sites is 2. The van der Waals surface area contributed by atoms with Crippen LogP contribution in [0.25, 0.3) is 109 Å². The molecule has 2 heterocycles. The molecule has 11 aromatic rings. The van der Waals surface area contributed by atoms with Gasteiger partial charge in [-0.15, -0.1) is 0 Å². The van der Waals surface area contributed by atoms with E-state index in [4.69, 9.17) is 8.83 Å². The highest BCUT2D eigenvalue weighted by Crippen LogP contribution is 2.45. The second kappa shape index (κ2) is 9.57. The fourth-order valence-electron chi connectivity index (χ4n) is 8.07. The summed E-state index contributed by atoms with van der Waals surface area (Å²) in [6.07, 6.45) is 0. The van der Waals surface area contributed by atoms with Crippen LogP contribution in [0.1, 0.15) is 0 Å². The molecule has 0 N–H and O–H groups in total. The fourth-order valence-corrected chi connectivity index (χ4v) is 8.07. The molecule has 0 radical (unpaired) electrons. The van der Waals surface area contributed by atoms with Crippen LogP contribution in [0.5, 0.6) is 0 Å². The van der Waals surface area contributed by atoms with Crippen LogP contribution in [-0.2, 0) is 0 Å². The molecule has 0 bridgehead atoms. The molecule has 0 atom stereocenters. The average molecular weight is 611 g/mol. The minimum atomic E-state index is 0.860. The molecule has 11 rings (SSSR count). The van der Waals surface area contributed by atoms with E-state index >= 15 is 0 Å². The first-order valence-corrected chi connectivity index (χ1v) is 16.4. The van der Waals surface area contributed by atoms with Crippen molar-refractivity contribution in [1.82, 2.24) is 0 Å². The maximum atomic E-state index is 6.80. The Balaban J connectivity index is 1.16. The van der Waals surface area contributed by atoms with E-state index in [9.17, 15) is 0 Å². The largest absolute Gasteiger partial charge is 0.455 e. The monoisotopic (exact) mass is 610 g/mol. The summed E-state index contributed by atoms with van der Waals surface area (Å²) in [6, 6.07) is 56.5. The molecular formula is C46H26O2. The molecule has 2 heteroatoms. The van der Waals surface area contributed by atoms with Crippen LogP contribution in [0.2, 0.25) is 0 Å². The van der Waals surface area contributed by atoms with E-state index in [0.29, 0.717) is 0 Å². The Bertz CT molecular complexity index is 2910. The Labute approximate surface area is 275 Å². The van der Waals surface area contributed by atoms with Crippen molar-refractivity contribution in [3.8, 4) is 22.3 Å². The van der Waals surface area contributed by atoms with Gasteiger partial charge >= 0.3 is 0 Å². The third-order valence-electron chi connectivity index (χ3n) is 10.2. The third kappa shape index (κ3) is 3.52. The van der Waals surface area contributed by atoms with Gasteiger partial charge in [0, 0.05) is 32.7 Å². The number of fused-ring (bicyclic) bond motifs is 12. The SMILES string of the molecule is c1ccc2c(c1)cc(-c1cccc3c1oc1cc4c(cc13)oc1c(-c3cc5ccccc5c5ccccc35)cccc14)c1ccccc12. The van der Waals surface area contributed by atoms with Gasteiger partial charge in [-0.2, -0.15) is 0 Å². The molecule has 2 aromatic heterocycles. The Morgan fingerprint density at radius 3 is 1.08 bits per heavy atom. The van der Waals surface area contributed by atoms with Gasteiger partial charge in [-0.05, 0) is 78.5 Å². The summed E-state index contributed by atoms with van der Waals surface area (Å²) in [5.74, 6) is 0. The molecule has 0 fully saturated rings. The lowest BCUT2D eigenvalue weighted by Gasteiger charge is -2.11. The van der Waals surface area contributed by atoms with Gasteiger partial charge in [0.25, 0.3) is 0 Å². The minimum absolute atomic E-state index is 0.860. The highest BCUT2D eigenvalue weighted by molar-refractivity contribution is 6.22. The van der Waals surface area contributed by atoms with Crippen LogP contribution in [0.15, 0.2) is 167 Å². The number of hydrogen-bond acceptors (Lipinski definition) is 2. The van der Waals surface area contributed by atoms with E-state index in [0.717, 1.165) is 55.0 Å². The molecule has 0 spiro atoms. The van der Waals surface area contributed by atoms with Gasteiger partial charge in [-0.25, -0.2) is 0 Å². The van der Waals surface area contributed by atoms with Crippen LogP contribution < -0.4 is 0 Å². The first-order chi connectivity index (χ1) is 23.8. The normalized spacial score (nSPS) is 12.2. The van der Waals surface area contributed by atoms with Gasteiger partial charge in [0.1, 0.15) is 22.3 Å². The predicted molar refractivity (Wildman–Crippen MR) is 202 cm³/mol. The summed E-state index contributed by atoms with van der Waals surface area (Å²) in [5.41, 5.74) is 8.06. The lowest BCUT2D eigenvalue weighted by molar-refractivity contribution is 0.665. The first kappa shape index (κ1) is 25.8. The Kier molecular flexibility index (Phi) is 5.14. The quantitative estimate of drug-likeness (QED) is 0.182. The molecule has 0 amide bonds. The molecule has 0 unspecified atom stereocenters. The first-order valence-electron chi connectivity index (χ1n) is 16.4. The predicted octanol–water partition coefficient (Wildman–Crippen LogP) is 13.4. The van der Waals surface area contributed by atoms with E-state index in [1.165, 1.54) is 54.2 Å². The van der Waals surface area contributed by atoms with Gasteiger partial charge in [0.15, 0.2) is 0 Å². The lowest BCUT2D eigenvalue weighted by atomic mass is 9.92. The molecular weight excluding hydrogens is 585 g/mol. The maximum Gasteiger partial charge on any atom is 0.143 e. The number of furan rings is 2. The van der Waals surface area contributed by atoms with Crippen molar-refractivity contribution < 1.29 is 8.83 Å². The lowest BCUT2D eigenvalue weighted by Crippen LogP contribution is -1.85. The van der Waals surface area contributed by atoms with Gasteiger partial charge < -0.3 is 8.83 Å². The summed E-state index contributed by atoms with van der Waals surface area (Å²) in [6.45, 7) is 0. The number of benzene rings is 9. The molecule has 48 heavy (non-hydrogen) atoms. The zero-order valence-electron chi connectivity index (χ0n) is 25.8. The van der Waals surface area contributed by atoms with Crippen molar-refractivity contribution in [2.45, 2.75) is 0 Å². The number of hydrogen-bond donors (Lipinski definition) is 0. The van der Waals surface area contributed by atoms with Gasteiger partial charge in [-0.1, -0.05) is 133 Å². The summed E-state index contributed by atoms with van der Waals surface area (Å²) in [5, 5.41) is 14.2. The molecule has 0 aliphatic carbocycles. The summed E-state index contributed by atoms with van der Waals surface area (Å²) in [4.78, 5) is 0. The van der Waals surface area contributed by atoms with Gasteiger partial charge in [-0.3, -0.25) is 0 Å². The molecule has 2 nitrogen and oxygen atoms in total. The molecule has 0 saturated heterocycles. The molecule has 9 aromatic carbocycles. The Hall–Kier alpha value is -6.38. The van der Waals surface area contributed by atoms with E-state index in [2.05, 4.69) is 158 Å². The minimum Gasteiger partial charge on any atom is -0.455 e. The van der Waals surface area contributed by atoms with Crippen LogP contribution in [0.4, 0.5) is 0 Å². The third-order valence-corrected chi connectivity index (χ3v) is 10.2. The Morgan fingerprint density at radius 2 is 0.625 bits per heavy atom. The molecule has 0 aliphatic rings. The topological polar surface area (TPSA) is 26.3 Å². The van der Waals surface area contributed by atoms with Crippen molar-refractivity contribution in [3.05, 3.63) is 158 Å². The van der Waals surface area contributed by atoms with E-state index < -0.39 is 0 Å². The van der Waals surface area contributed by atoms with E-state index in [1.807, 2.05) is 0 Å². The van der Waals surface area contributed by atoms with Gasteiger partial charge in [0.2, 0.25) is 0 Å². The Morgan fingerprint density at radius 1 is 0.250 bits per heavy atom. The van der Waals surface area contributed by atoms with Crippen molar-refractivity contribution in [1.29, 1.82) is 0 Å². The zero-order valence-corrected chi connectivity index (χ0v) is 25.8. The van der Waals surface area contributed by atoms with Crippen molar-refractivity contribution in [2.24, 2.45) is 0 Å². The van der Waals surface area contributed by atoms with Crippen molar-refractivity contribution >= 4 is 87.0 Å². The average Bonchev–Trinajstić information content (AvgIpc) is 3.71. The molecule has 0 aliphatic heterocycles. The second-order valence-corrected chi connectivity index (χ2v) is 12.8. The van der Waals surface area contributed by atoms with Crippen molar-refractivity contribution in [3.63, 3.8) is 0 Å². The highest BCUT2D eigenvalue weighted by atomic mass is 16.3. The van der Waals surface area contributed by atoms with E-state index in [1.54, 1.807) is 0 Å². The zero-order chi connectivity index (χ0) is 31.3. The summed E-state index contributed by atoms with van der Waals surface area (Å²) in [7, 11) is 0. The fraction of sp³-hybridized carbons (Fsp3) is 0. The van der Waals surface area contributed by atoms with Gasteiger partial charge in [0.05, 0.1) is 0 Å². The summed E-state index contributed by atoms with van der Waals surface area (Å²) < 4.78 is 13.6. The van der Waals surface area contributed by atoms with E-state index in [-0.39, 0.29) is 0 Å². The van der Waals surface area contributed by atoms with Crippen LogP contribution in [0, 0.1) is 0 Å². The highest BCUT2D eigenvalue weighted by Gasteiger charge is 2.20. The number of rotatable bonds is 2. The standard InChI is InChI=1S/C46H26O2/c1-3-13-29-27(11-1)23-39(33-17-7-5-15-31(29)33)35-19-9-21-37-41-25-44-42(26-43(41)47-45(35)37)38-22-10-20-36(46(38)48-44)40-24-28-12-2-4-14-30(28)32-16-6-8-18-34(32)40/h1-26H. The van der Waals surface area contributed by atoms with Crippen LogP contribution in [-0.4, -0.2) is 0 Å².